The Hall–Kier alpha value is -0.170. The monoisotopic (exact) mass is 277 g/mol. The topological polar surface area (TPSA) is 75.4 Å². The number of nitrogens with one attached hydrogen (secondary N) is 1. The summed E-state index contributed by atoms with van der Waals surface area (Å²) in [7, 11) is -1.80. The van der Waals surface area contributed by atoms with Gasteiger partial charge in [0.15, 0.2) is 0 Å². The lowest BCUT2D eigenvalue weighted by Crippen LogP contribution is -2.59. The van der Waals surface area contributed by atoms with Gasteiger partial charge in [0.2, 0.25) is 0 Å². The second kappa shape index (κ2) is 5.86. The summed E-state index contributed by atoms with van der Waals surface area (Å²) in [4.78, 5) is 0. The molecule has 0 radical (unpaired) electrons. The van der Waals surface area contributed by atoms with Crippen LogP contribution in [0.2, 0.25) is 0 Å². The van der Waals surface area contributed by atoms with Gasteiger partial charge in [-0.25, -0.2) is 0 Å². The molecule has 1 aliphatic carbocycles. The summed E-state index contributed by atoms with van der Waals surface area (Å²) in [6.45, 7) is 6.20. The van der Waals surface area contributed by atoms with E-state index in [0.717, 1.165) is 25.7 Å². The van der Waals surface area contributed by atoms with E-state index < -0.39 is 15.7 Å². The molecule has 0 aromatic heterocycles. The summed E-state index contributed by atoms with van der Waals surface area (Å²) < 4.78 is 28.6. The van der Waals surface area contributed by atoms with Crippen molar-refractivity contribution in [1.29, 1.82) is 0 Å². The molecule has 5 nitrogen and oxygen atoms in total. The van der Waals surface area contributed by atoms with Crippen LogP contribution in [0.4, 0.5) is 0 Å². The highest BCUT2D eigenvalue weighted by atomic mass is 32.2. The molecule has 0 heterocycles. The Balaban J connectivity index is 2.94. The lowest BCUT2D eigenvalue weighted by Gasteiger charge is -2.45. The van der Waals surface area contributed by atoms with Gasteiger partial charge in [-0.05, 0) is 32.6 Å². The van der Waals surface area contributed by atoms with Crippen molar-refractivity contribution in [1.82, 2.24) is 9.03 Å². The maximum Gasteiger partial charge on any atom is 0.279 e. The van der Waals surface area contributed by atoms with Crippen LogP contribution in [-0.4, -0.2) is 37.9 Å². The normalized spacial score (nSPS) is 30.1. The Morgan fingerprint density at radius 1 is 1.50 bits per heavy atom. The molecule has 0 saturated heterocycles. The van der Waals surface area contributed by atoms with E-state index in [9.17, 15) is 8.42 Å². The largest absolute Gasteiger partial charge is 0.329 e. The van der Waals surface area contributed by atoms with Crippen molar-refractivity contribution in [2.45, 2.75) is 58.0 Å². The molecule has 1 rings (SSSR count). The standard InChI is InChI=1S/C12H27N3O2S/c1-10(2)14-18(16,17)15(4)12(9-13)7-5-6-11(3)8-12/h10-11,14H,5-9,13H2,1-4H3. The molecule has 1 fully saturated rings. The van der Waals surface area contributed by atoms with Gasteiger partial charge in [0, 0.05) is 25.2 Å². The summed E-state index contributed by atoms with van der Waals surface area (Å²) in [6.07, 6.45) is 3.90. The number of rotatable bonds is 5. The van der Waals surface area contributed by atoms with E-state index in [4.69, 9.17) is 5.73 Å². The van der Waals surface area contributed by atoms with Gasteiger partial charge in [-0.15, -0.1) is 0 Å². The first-order valence-corrected chi connectivity index (χ1v) is 8.14. The number of hydrogen-bond acceptors (Lipinski definition) is 3. The van der Waals surface area contributed by atoms with Gasteiger partial charge in [-0.2, -0.15) is 17.4 Å². The summed E-state index contributed by atoms with van der Waals surface area (Å²) in [5.74, 6) is 0.527. The van der Waals surface area contributed by atoms with Crippen LogP contribution in [0.5, 0.6) is 0 Å². The van der Waals surface area contributed by atoms with E-state index in [1.54, 1.807) is 7.05 Å². The molecule has 6 heteroatoms. The smallest absolute Gasteiger partial charge is 0.279 e. The zero-order valence-electron chi connectivity index (χ0n) is 11.9. The number of hydrogen-bond donors (Lipinski definition) is 2. The van der Waals surface area contributed by atoms with Crippen molar-refractivity contribution >= 4 is 10.2 Å². The van der Waals surface area contributed by atoms with Crippen LogP contribution < -0.4 is 10.5 Å². The van der Waals surface area contributed by atoms with Crippen molar-refractivity contribution in [2.75, 3.05) is 13.6 Å². The average molecular weight is 277 g/mol. The van der Waals surface area contributed by atoms with Crippen molar-refractivity contribution in [2.24, 2.45) is 11.7 Å². The van der Waals surface area contributed by atoms with Gasteiger partial charge in [0.1, 0.15) is 0 Å². The molecule has 18 heavy (non-hydrogen) atoms. The van der Waals surface area contributed by atoms with Gasteiger partial charge >= 0.3 is 0 Å². The maximum atomic E-state index is 12.3. The highest BCUT2D eigenvalue weighted by Crippen LogP contribution is 2.36. The van der Waals surface area contributed by atoms with E-state index >= 15 is 0 Å². The van der Waals surface area contributed by atoms with Crippen LogP contribution in [0.3, 0.4) is 0 Å². The number of nitrogens with two attached hydrogens (primary N) is 1. The highest BCUT2D eigenvalue weighted by Gasteiger charge is 2.42. The van der Waals surface area contributed by atoms with Gasteiger partial charge in [-0.1, -0.05) is 19.8 Å². The second-order valence-corrected chi connectivity index (χ2v) is 7.61. The van der Waals surface area contributed by atoms with Gasteiger partial charge < -0.3 is 5.73 Å². The first-order chi connectivity index (χ1) is 8.23. The highest BCUT2D eigenvalue weighted by molar-refractivity contribution is 7.87. The van der Waals surface area contributed by atoms with Crippen molar-refractivity contribution in [3.05, 3.63) is 0 Å². The summed E-state index contributed by atoms with van der Waals surface area (Å²) in [5, 5.41) is 0. The molecule has 0 aromatic carbocycles. The van der Waals surface area contributed by atoms with Crippen LogP contribution >= 0.6 is 0 Å². The van der Waals surface area contributed by atoms with Crippen LogP contribution in [0.25, 0.3) is 0 Å². The van der Waals surface area contributed by atoms with E-state index in [-0.39, 0.29) is 6.04 Å². The number of likely N-dealkylation sites (N-methyl/N-ethyl adjacent to an activating group) is 1. The molecular weight excluding hydrogens is 250 g/mol. The van der Waals surface area contributed by atoms with Crippen molar-refractivity contribution in [3.8, 4) is 0 Å². The molecule has 3 N–H and O–H groups in total. The molecule has 0 bridgehead atoms. The molecule has 1 aliphatic rings. The molecule has 108 valence electrons. The Bertz CT molecular complexity index is 370. The molecule has 2 atom stereocenters. The minimum Gasteiger partial charge on any atom is -0.329 e. The molecule has 1 saturated carbocycles. The summed E-state index contributed by atoms with van der Waals surface area (Å²) in [5.41, 5.74) is 5.48. The first-order valence-electron chi connectivity index (χ1n) is 6.70. The van der Waals surface area contributed by atoms with Crippen molar-refractivity contribution < 1.29 is 8.42 Å². The van der Waals surface area contributed by atoms with E-state index in [1.165, 1.54) is 4.31 Å². The second-order valence-electron chi connectivity index (χ2n) is 5.88. The zero-order valence-corrected chi connectivity index (χ0v) is 12.8. The molecule has 0 spiro atoms. The Morgan fingerprint density at radius 3 is 2.56 bits per heavy atom. The fourth-order valence-electron chi connectivity index (χ4n) is 2.86. The molecule has 0 aromatic rings. The van der Waals surface area contributed by atoms with E-state index in [0.29, 0.717) is 12.5 Å². The predicted molar refractivity (Wildman–Crippen MR) is 74.4 cm³/mol. The minimum atomic E-state index is -3.45. The minimum absolute atomic E-state index is 0.103. The van der Waals surface area contributed by atoms with Crippen molar-refractivity contribution in [3.63, 3.8) is 0 Å². The third-order valence-corrected chi connectivity index (χ3v) is 5.74. The van der Waals surface area contributed by atoms with Crippen LogP contribution in [0.15, 0.2) is 0 Å². The SMILES string of the molecule is CC1CCCC(CN)(N(C)S(=O)(=O)NC(C)C)C1. The fourth-order valence-corrected chi connectivity index (χ4v) is 4.37. The lowest BCUT2D eigenvalue weighted by atomic mass is 9.76. The molecule has 0 aliphatic heterocycles. The summed E-state index contributed by atoms with van der Waals surface area (Å²) in [6, 6.07) is -0.103. The van der Waals surface area contributed by atoms with Crippen LogP contribution in [0.1, 0.15) is 46.5 Å². The van der Waals surface area contributed by atoms with Crippen LogP contribution in [-0.2, 0) is 10.2 Å². The predicted octanol–water partition coefficient (Wildman–Crippen LogP) is 1.07. The fraction of sp³-hybridized carbons (Fsp3) is 1.00. The van der Waals surface area contributed by atoms with Crippen LogP contribution in [0, 0.1) is 5.92 Å². The maximum absolute atomic E-state index is 12.3. The third-order valence-electron chi connectivity index (χ3n) is 3.86. The third kappa shape index (κ3) is 3.44. The summed E-state index contributed by atoms with van der Waals surface area (Å²) >= 11 is 0. The molecular formula is C12H27N3O2S. The molecule has 2 unspecified atom stereocenters. The quantitative estimate of drug-likeness (QED) is 0.789. The van der Waals surface area contributed by atoms with E-state index in [1.807, 2.05) is 13.8 Å². The van der Waals surface area contributed by atoms with Gasteiger partial charge in [0.25, 0.3) is 10.2 Å². The number of nitrogens with zero attached hydrogens (tertiary/aromatic N) is 1. The Morgan fingerprint density at radius 2 is 2.11 bits per heavy atom. The molecule has 0 amide bonds. The zero-order chi connectivity index (χ0) is 14.0. The Labute approximate surface area is 111 Å². The average Bonchev–Trinajstić information content (AvgIpc) is 2.26. The van der Waals surface area contributed by atoms with E-state index in [2.05, 4.69) is 11.6 Å². The van der Waals surface area contributed by atoms with Gasteiger partial charge in [-0.3, -0.25) is 0 Å². The Kier molecular flexibility index (Phi) is 5.17. The van der Waals surface area contributed by atoms with Gasteiger partial charge in [0.05, 0.1) is 0 Å². The lowest BCUT2D eigenvalue weighted by molar-refractivity contribution is 0.126. The first kappa shape index (κ1) is 15.9.